The van der Waals surface area contributed by atoms with Crippen LogP contribution in [0.4, 0.5) is 0 Å². The predicted molar refractivity (Wildman–Crippen MR) is 33.6 cm³/mol. The highest BCUT2D eigenvalue weighted by Gasteiger charge is 2.26. The van der Waals surface area contributed by atoms with Crippen molar-refractivity contribution in [2.24, 2.45) is 0 Å². The zero-order valence-electron chi connectivity index (χ0n) is 5.39. The van der Waals surface area contributed by atoms with E-state index in [-0.39, 0.29) is 0 Å². The SMILES string of the molecule is COP(=O)(CO)C[N+](=O)[O-]. The van der Waals surface area contributed by atoms with Crippen molar-refractivity contribution in [3.05, 3.63) is 10.1 Å². The molecule has 0 saturated carbocycles. The van der Waals surface area contributed by atoms with Crippen molar-refractivity contribution in [2.75, 3.05) is 19.7 Å². The van der Waals surface area contributed by atoms with Crippen molar-refractivity contribution < 1.29 is 19.1 Å². The average Bonchev–Trinajstić information content (AvgIpc) is 1.87. The van der Waals surface area contributed by atoms with Crippen LogP contribution in [-0.4, -0.2) is 29.8 Å². The van der Waals surface area contributed by atoms with Gasteiger partial charge in [0, 0.05) is 12.0 Å². The summed E-state index contributed by atoms with van der Waals surface area (Å²) in [6.07, 6.45) is -1.61. The summed E-state index contributed by atoms with van der Waals surface area (Å²) in [4.78, 5) is 9.00. The molecule has 0 saturated heterocycles. The van der Waals surface area contributed by atoms with Crippen LogP contribution in [-0.2, 0) is 9.09 Å². The molecule has 0 aliphatic carbocycles. The van der Waals surface area contributed by atoms with Crippen LogP contribution in [0.3, 0.4) is 0 Å². The van der Waals surface area contributed by atoms with Crippen molar-refractivity contribution in [3.8, 4) is 0 Å². The van der Waals surface area contributed by atoms with Crippen LogP contribution in [0.1, 0.15) is 0 Å². The van der Waals surface area contributed by atoms with Gasteiger partial charge >= 0.3 is 0 Å². The minimum atomic E-state index is -3.38. The molecule has 7 heteroatoms. The van der Waals surface area contributed by atoms with E-state index in [1.165, 1.54) is 0 Å². The van der Waals surface area contributed by atoms with Crippen LogP contribution in [0, 0.1) is 10.1 Å². The lowest BCUT2D eigenvalue weighted by Gasteiger charge is -2.06. The minimum absolute atomic E-state index is 0.777. The number of aliphatic hydroxyl groups excluding tert-OH is 1. The van der Waals surface area contributed by atoms with Gasteiger partial charge in [-0.15, -0.1) is 0 Å². The molecule has 1 atom stereocenters. The largest absolute Gasteiger partial charge is 0.386 e. The van der Waals surface area contributed by atoms with Gasteiger partial charge in [0.1, 0.15) is 6.35 Å². The lowest BCUT2D eigenvalue weighted by atomic mass is 11.5. The monoisotopic (exact) mass is 169 g/mol. The van der Waals surface area contributed by atoms with E-state index in [4.69, 9.17) is 5.11 Å². The zero-order chi connectivity index (χ0) is 8.20. The van der Waals surface area contributed by atoms with E-state index in [1.807, 2.05) is 0 Å². The summed E-state index contributed by atoms with van der Waals surface area (Å²) in [5.41, 5.74) is 0. The fourth-order valence-corrected chi connectivity index (χ4v) is 1.01. The van der Waals surface area contributed by atoms with Crippen molar-refractivity contribution in [3.63, 3.8) is 0 Å². The first-order chi connectivity index (χ1) is 4.54. The van der Waals surface area contributed by atoms with Crippen LogP contribution in [0.25, 0.3) is 0 Å². The highest BCUT2D eigenvalue weighted by Crippen LogP contribution is 2.43. The quantitative estimate of drug-likeness (QED) is 0.366. The van der Waals surface area contributed by atoms with E-state index >= 15 is 0 Å². The van der Waals surface area contributed by atoms with Crippen molar-refractivity contribution in [2.45, 2.75) is 0 Å². The van der Waals surface area contributed by atoms with E-state index < -0.39 is 24.9 Å². The molecule has 1 N–H and O–H groups in total. The molecule has 0 fully saturated rings. The molecule has 0 aromatic carbocycles. The van der Waals surface area contributed by atoms with Gasteiger partial charge in [-0.3, -0.25) is 14.7 Å². The molecule has 0 aromatic rings. The molecule has 0 amide bonds. The highest BCUT2D eigenvalue weighted by atomic mass is 31.2. The van der Waals surface area contributed by atoms with Crippen molar-refractivity contribution >= 4 is 7.37 Å². The third-order valence-electron chi connectivity index (χ3n) is 0.879. The molecule has 0 radical (unpaired) electrons. The molecule has 0 aliphatic rings. The van der Waals surface area contributed by atoms with Gasteiger partial charge in [0.05, 0.1) is 0 Å². The molecular weight excluding hydrogens is 161 g/mol. The molecular formula is C3H8NO5P. The summed E-state index contributed by atoms with van der Waals surface area (Å²) in [5.74, 6) is 0. The lowest BCUT2D eigenvalue weighted by Crippen LogP contribution is -2.05. The Balaban J connectivity index is 4.07. The smallest absolute Gasteiger partial charge is 0.296 e. The van der Waals surface area contributed by atoms with Crippen LogP contribution in [0.2, 0.25) is 0 Å². The van der Waals surface area contributed by atoms with Crippen LogP contribution >= 0.6 is 7.37 Å². The summed E-state index contributed by atoms with van der Waals surface area (Å²) in [6.45, 7) is 0. The predicted octanol–water partition coefficient (Wildman–Crippen LogP) is 0.0949. The molecule has 0 bridgehead atoms. The van der Waals surface area contributed by atoms with Gasteiger partial charge in [-0.1, -0.05) is 0 Å². The summed E-state index contributed by atoms with van der Waals surface area (Å²) in [6, 6.07) is 0. The fourth-order valence-electron chi connectivity index (χ4n) is 0.336. The molecule has 1 unspecified atom stereocenters. The highest BCUT2D eigenvalue weighted by molar-refractivity contribution is 7.58. The Bertz CT molecular complexity index is 160. The molecule has 0 spiro atoms. The van der Waals surface area contributed by atoms with Crippen LogP contribution in [0.5, 0.6) is 0 Å². The van der Waals surface area contributed by atoms with Gasteiger partial charge in [0.2, 0.25) is 0 Å². The third kappa shape index (κ3) is 2.91. The van der Waals surface area contributed by atoms with E-state index in [2.05, 4.69) is 4.52 Å². The van der Waals surface area contributed by atoms with E-state index in [9.17, 15) is 14.7 Å². The summed E-state index contributed by atoms with van der Waals surface area (Å²) < 4.78 is 15.1. The number of hydrogen-bond donors (Lipinski definition) is 1. The van der Waals surface area contributed by atoms with Gasteiger partial charge in [-0.25, -0.2) is 0 Å². The molecule has 60 valence electrons. The first kappa shape index (κ1) is 9.55. The van der Waals surface area contributed by atoms with Crippen LogP contribution < -0.4 is 0 Å². The Hall–Kier alpha value is -0.450. The Morgan fingerprint density at radius 1 is 1.80 bits per heavy atom. The van der Waals surface area contributed by atoms with E-state index in [0.29, 0.717) is 0 Å². The molecule has 0 heterocycles. The topological polar surface area (TPSA) is 89.7 Å². The molecule has 0 rings (SSSR count). The average molecular weight is 169 g/mol. The number of aliphatic hydroxyl groups is 1. The minimum Gasteiger partial charge on any atom is -0.386 e. The second-order valence-electron chi connectivity index (χ2n) is 1.61. The molecule has 0 aliphatic heterocycles. The Kier molecular flexibility index (Phi) is 3.49. The molecule has 6 nitrogen and oxygen atoms in total. The maximum atomic E-state index is 10.8. The van der Waals surface area contributed by atoms with Gasteiger partial charge in [0.15, 0.2) is 0 Å². The zero-order valence-corrected chi connectivity index (χ0v) is 6.28. The van der Waals surface area contributed by atoms with E-state index in [0.717, 1.165) is 7.11 Å². The Morgan fingerprint density at radius 2 is 2.30 bits per heavy atom. The first-order valence-corrected chi connectivity index (χ1v) is 4.40. The summed E-state index contributed by atoms with van der Waals surface area (Å²) >= 11 is 0. The van der Waals surface area contributed by atoms with Crippen molar-refractivity contribution in [1.29, 1.82) is 0 Å². The van der Waals surface area contributed by atoms with Crippen LogP contribution in [0.15, 0.2) is 0 Å². The van der Waals surface area contributed by atoms with Crippen molar-refractivity contribution in [1.82, 2.24) is 0 Å². The summed E-state index contributed by atoms with van der Waals surface area (Å²) in [5, 5.41) is 18.1. The number of rotatable bonds is 4. The van der Waals surface area contributed by atoms with E-state index in [1.54, 1.807) is 0 Å². The normalized spacial score (nSPS) is 16.2. The number of hydrogen-bond acceptors (Lipinski definition) is 5. The fraction of sp³-hybridized carbons (Fsp3) is 1.00. The lowest BCUT2D eigenvalue weighted by molar-refractivity contribution is -0.460. The van der Waals surface area contributed by atoms with Gasteiger partial charge in [-0.05, 0) is 0 Å². The molecule has 0 aromatic heterocycles. The third-order valence-corrected chi connectivity index (χ3v) is 2.64. The summed E-state index contributed by atoms with van der Waals surface area (Å²) in [7, 11) is -2.31. The van der Waals surface area contributed by atoms with Gasteiger partial charge in [0.25, 0.3) is 13.7 Å². The maximum Gasteiger partial charge on any atom is 0.296 e. The second kappa shape index (κ2) is 3.65. The van der Waals surface area contributed by atoms with Gasteiger partial charge < -0.3 is 9.63 Å². The maximum absolute atomic E-state index is 10.8. The Morgan fingerprint density at radius 3 is 2.40 bits per heavy atom. The standard InChI is InChI=1S/C3H8NO5P/c1-9-10(8,3-5)2-4(6)7/h5H,2-3H2,1H3. The number of nitrogens with zero attached hydrogens (tertiary/aromatic N) is 1. The number of nitro groups is 1. The van der Waals surface area contributed by atoms with Gasteiger partial charge in [-0.2, -0.15) is 0 Å². The first-order valence-electron chi connectivity index (χ1n) is 2.40. The second-order valence-corrected chi connectivity index (χ2v) is 4.17. The Labute approximate surface area is 57.4 Å². The molecule has 10 heavy (non-hydrogen) atoms.